The van der Waals surface area contributed by atoms with Crippen LogP contribution in [0.5, 0.6) is 5.75 Å². The highest BCUT2D eigenvalue weighted by atomic mass is 35.5. The molecule has 0 N–H and O–H groups in total. The van der Waals surface area contributed by atoms with Crippen molar-refractivity contribution >= 4 is 17.2 Å². The second-order valence-corrected chi connectivity index (χ2v) is 5.29. The molecule has 0 bridgehead atoms. The molecule has 2 aromatic heterocycles. The fourth-order valence-corrected chi connectivity index (χ4v) is 2.30. The Kier molecular flexibility index (Phi) is 3.81. The number of halogens is 2. The zero-order valence-corrected chi connectivity index (χ0v) is 12.5. The predicted octanol–water partition coefficient (Wildman–Crippen LogP) is 3.37. The lowest BCUT2D eigenvalue weighted by atomic mass is 10.3. The lowest BCUT2D eigenvalue weighted by Crippen LogP contribution is -2.16. The van der Waals surface area contributed by atoms with Crippen LogP contribution >= 0.6 is 11.6 Å². The van der Waals surface area contributed by atoms with E-state index in [1.807, 2.05) is 13.0 Å². The summed E-state index contributed by atoms with van der Waals surface area (Å²) in [4.78, 5) is 16.4. The summed E-state index contributed by atoms with van der Waals surface area (Å²) >= 11 is 5.89. The van der Waals surface area contributed by atoms with E-state index in [9.17, 15) is 9.18 Å². The van der Waals surface area contributed by atoms with Crippen LogP contribution < -0.4 is 10.3 Å². The van der Waals surface area contributed by atoms with Gasteiger partial charge in [0.05, 0.1) is 10.7 Å². The molecule has 22 heavy (non-hydrogen) atoms. The quantitative estimate of drug-likeness (QED) is 0.743. The maximum absolute atomic E-state index is 13.0. The van der Waals surface area contributed by atoms with Gasteiger partial charge in [-0.05, 0) is 36.8 Å². The summed E-state index contributed by atoms with van der Waals surface area (Å²) < 4.78 is 19.9. The summed E-state index contributed by atoms with van der Waals surface area (Å²) in [6.45, 7) is 1.98. The van der Waals surface area contributed by atoms with Gasteiger partial charge in [-0.25, -0.2) is 9.37 Å². The number of benzene rings is 1. The third-order valence-corrected chi connectivity index (χ3v) is 3.43. The van der Waals surface area contributed by atoms with Crippen molar-refractivity contribution in [3.63, 3.8) is 0 Å². The molecule has 0 fully saturated rings. The number of hydrogen-bond donors (Lipinski definition) is 0. The lowest BCUT2D eigenvalue weighted by Gasteiger charge is -2.08. The van der Waals surface area contributed by atoms with Gasteiger partial charge in [0, 0.05) is 12.3 Å². The van der Waals surface area contributed by atoms with Gasteiger partial charge in [0.15, 0.2) is 0 Å². The van der Waals surface area contributed by atoms with Gasteiger partial charge in [-0.15, -0.1) is 0 Å². The summed E-state index contributed by atoms with van der Waals surface area (Å²) in [5, 5.41) is 0.174. The number of hydrogen-bond acceptors (Lipinski definition) is 3. The summed E-state index contributed by atoms with van der Waals surface area (Å²) in [7, 11) is 0. The van der Waals surface area contributed by atoms with Gasteiger partial charge in [0.2, 0.25) is 0 Å². The molecule has 6 heteroatoms. The van der Waals surface area contributed by atoms with Crippen molar-refractivity contribution in [3.8, 4) is 5.75 Å². The minimum Gasteiger partial charge on any atom is -0.486 e. The summed E-state index contributed by atoms with van der Waals surface area (Å²) in [5.74, 6) is -0.0937. The van der Waals surface area contributed by atoms with E-state index in [1.165, 1.54) is 28.7 Å². The first-order valence-electron chi connectivity index (χ1n) is 6.60. The van der Waals surface area contributed by atoms with E-state index in [1.54, 1.807) is 12.3 Å². The van der Waals surface area contributed by atoms with Crippen molar-refractivity contribution in [1.82, 2.24) is 9.38 Å². The van der Waals surface area contributed by atoms with E-state index in [0.29, 0.717) is 17.1 Å². The van der Waals surface area contributed by atoms with Crippen molar-refractivity contribution < 1.29 is 9.13 Å². The second kappa shape index (κ2) is 5.77. The highest BCUT2D eigenvalue weighted by Gasteiger charge is 2.06. The van der Waals surface area contributed by atoms with E-state index in [-0.39, 0.29) is 17.2 Å². The molecule has 1 aromatic carbocycles. The monoisotopic (exact) mass is 318 g/mol. The Bertz CT molecular complexity index is 908. The maximum atomic E-state index is 13.0. The number of ether oxygens (including phenoxy) is 1. The molecule has 0 saturated carbocycles. The largest absolute Gasteiger partial charge is 0.486 e. The molecule has 4 nitrogen and oxygen atoms in total. The Labute approximate surface area is 130 Å². The standard InChI is InChI=1S/C16H12ClFN2O2/c1-10-2-5-15-19-12(7-16(21)20(15)8-10)9-22-14-4-3-11(18)6-13(14)17/h2-8H,9H2,1H3. The fourth-order valence-electron chi connectivity index (χ4n) is 2.08. The Morgan fingerprint density at radius 2 is 2.09 bits per heavy atom. The number of fused-ring (bicyclic) bond motifs is 1. The minimum atomic E-state index is -0.435. The molecule has 0 aliphatic heterocycles. The molecule has 112 valence electrons. The van der Waals surface area contributed by atoms with E-state index in [4.69, 9.17) is 16.3 Å². The molecule has 0 amide bonds. The van der Waals surface area contributed by atoms with Crippen molar-refractivity contribution in [1.29, 1.82) is 0 Å². The molecule has 3 aromatic rings. The zero-order valence-electron chi connectivity index (χ0n) is 11.7. The average molecular weight is 319 g/mol. The van der Waals surface area contributed by atoms with Gasteiger partial charge >= 0.3 is 0 Å². The van der Waals surface area contributed by atoms with Gasteiger partial charge in [-0.1, -0.05) is 17.7 Å². The highest BCUT2D eigenvalue weighted by Crippen LogP contribution is 2.25. The molecule has 0 atom stereocenters. The van der Waals surface area contributed by atoms with Crippen LogP contribution in [0, 0.1) is 12.7 Å². The summed E-state index contributed by atoms with van der Waals surface area (Å²) in [6, 6.07) is 8.92. The molecule has 0 spiro atoms. The summed E-state index contributed by atoms with van der Waals surface area (Å²) in [6.07, 6.45) is 1.73. The van der Waals surface area contributed by atoms with E-state index in [2.05, 4.69) is 4.98 Å². The Morgan fingerprint density at radius 3 is 2.86 bits per heavy atom. The number of rotatable bonds is 3. The minimum absolute atomic E-state index is 0.0744. The summed E-state index contributed by atoms with van der Waals surface area (Å²) in [5.41, 5.74) is 1.81. The van der Waals surface area contributed by atoms with Crippen LogP contribution in [-0.2, 0) is 6.61 Å². The Morgan fingerprint density at radius 1 is 1.27 bits per heavy atom. The van der Waals surface area contributed by atoms with Crippen molar-refractivity contribution in [2.45, 2.75) is 13.5 Å². The van der Waals surface area contributed by atoms with Crippen molar-refractivity contribution in [2.24, 2.45) is 0 Å². The van der Waals surface area contributed by atoms with E-state index in [0.717, 1.165) is 5.56 Å². The molecule has 2 heterocycles. The second-order valence-electron chi connectivity index (χ2n) is 4.88. The smallest absolute Gasteiger partial charge is 0.258 e. The van der Waals surface area contributed by atoms with E-state index < -0.39 is 5.82 Å². The normalized spacial score (nSPS) is 10.9. The number of pyridine rings is 1. The van der Waals surface area contributed by atoms with Gasteiger partial charge < -0.3 is 4.74 Å². The van der Waals surface area contributed by atoms with Crippen molar-refractivity contribution in [3.05, 3.63) is 75.0 Å². The number of aromatic nitrogens is 2. The van der Waals surface area contributed by atoms with Gasteiger partial charge in [0.1, 0.15) is 23.8 Å². The number of aryl methyl sites for hydroxylation is 1. The molecule has 0 saturated heterocycles. The molecule has 0 radical (unpaired) electrons. The van der Waals surface area contributed by atoms with Crippen LogP contribution in [0.25, 0.3) is 5.65 Å². The Hall–Kier alpha value is -2.40. The molecular weight excluding hydrogens is 307 g/mol. The van der Waals surface area contributed by atoms with Crippen LogP contribution in [-0.4, -0.2) is 9.38 Å². The van der Waals surface area contributed by atoms with Crippen LogP contribution in [0.3, 0.4) is 0 Å². The molecule has 0 aliphatic rings. The fraction of sp³-hybridized carbons (Fsp3) is 0.125. The van der Waals surface area contributed by atoms with Crippen LogP contribution in [0.2, 0.25) is 5.02 Å². The first kappa shape index (κ1) is 14.5. The van der Waals surface area contributed by atoms with E-state index >= 15 is 0 Å². The topological polar surface area (TPSA) is 43.6 Å². The Balaban J connectivity index is 1.88. The van der Waals surface area contributed by atoms with Gasteiger partial charge in [-0.2, -0.15) is 0 Å². The highest BCUT2D eigenvalue weighted by molar-refractivity contribution is 6.32. The van der Waals surface area contributed by atoms with Gasteiger partial charge in [0.25, 0.3) is 5.56 Å². The zero-order chi connectivity index (χ0) is 15.7. The van der Waals surface area contributed by atoms with Crippen molar-refractivity contribution in [2.75, 3.05) is 0 Å². The van der Waals surface area contributed by atoms with Gasteiger partial charge in [-0.3, -0.25) is 9.20 Å². The third-order valence-electron chi connectivity index (χ3n) is 3.13. The SMILES string of the molecule is Cc1ccc2nc(COc3ccc(F)cc3Cl)cc(=O)n2c1. The van der Waals surface area contributed by atoms with Crippen LogP contribution in [0.1, 0.15) is 11.3 Å². The first-order chi connectivity index (χ1) is 10.5. The number of nitrogens with zero attached hydrogens (tertiary/aromatic N) is 2. The molecule has 0 unspecified atom stereocenters. The first-order valence-corrected chi connectivity index (χ1v) is 6.97. The van der Waals surface area contributed by atoms with Crippen LogP contribution in [0.15, 0.2) is 47.4 Å². The molecular formula is C16H12ClFN2O2. The molecule has 0 aliphatic carbocycles. The third kappa shape index (κ3) is 2.94. The molecule has 3 rings (SSSR count). The predicted molar refractivity (Wildman–Crippen MR) is 81.9 cm³/mol. The lowest BCUT2D eigenvalue weighted by molar-refractivity contribution is 0.301. The van der Waals surface area contributed by atoms with Crippen LogP contribution in [0.4, 0.5) is 4.39 Å². The maximum Gasteiger partial charge on any atom is 0.258 e. The average Bonchev–Trinajstić information content (AvgIpc) is 2.47.